The second kappa shape index (κ2) is 8.17. The Balaban J connectivity index is 1.87. The minimum Gasteiger partial charge on any atom is -0.358 e. The van der Waals surface area contributed by atoms with Crippen LogP contribution in [0.1, 0.15) is 45.6 Å². The second-order valence-electron chi connectivity index (χ2n) is 8.57. The highest BCUT2D eigenvalue weighted by Gasteiger charge is 2.28. The third kappa shape index (κ3) is 4.20. The number of likely N-dealkylation sites (N-methyl/N-ethyl adjacent to an activating group) is 1. The van der Waals surface area contributed by atoms with Crippen LogP contribution in [0.15, 0.2) is 24.3 Å². The average Bonchev–Trinajstić information content (AvgIpc) is 2.96. The van der Waals surface area contributed by atoms with E-state index in [2.05, 4.69) is 55.3 Å². The molecule has 6 nitrogen and oxygen atoms in total. The lowest BCUT2D eigenvalue weighted by Gasteiger charge is -2.33. The molecule has 0 saturated carbocycles. The van der Waals surface area contributed by atoms with Crippen molar-refractivity contribution in [3.63, 3.8) is 0 Å². The van der Waals surface area contributed by atoms with Crippen LogP contribution in [0, 0.1) is 4.77 Å². The summed E-state index contributed by atoms with van der Waals surface area (Å²) < 4.78 is 4.44. The van der Waals surface area contributed by atoms with Gasteiger partial charge in [0.15, 0.2) is 10.6 Å². The molecule has 1 aliphatic rings. The summed E-state index contributed by atoms with van der Waals surface area (Å²) in [5.74, 6) is 0.916. The largest absolute Gasteiger partial charge is 0.358 e. The van der Waals surface area contributed by atoms with Crippen LogP contribution in [0.3, 0.4) is 0 Å². The third-order valence-electron chi connectivity index (χ3n) is 5.53. The van der Waals surface area contributed by atoms with Crippen LogP contribution in [0.4, 0.5) is 0 Å². The van der Waals surface area contributed by atoms with E-state index in [1.807, 2.05) is 16.3 Å². The number of carbonyl (C=O) groups is 1. The zero-order valence-corrected chi connectivity index (χ0v) is 18.3. The van der Waals surface area contributed by atoms with Gasteiger partial charge in [-0.2, -0.15) is 5.10 Å². The predicted molar refractivity (Wildman–Crippen MR) is 115 cm³/mol. The molecule has 0 aliphatic carbocycles. The molecular weight excluding hydrogens is 370 g/mol. The number of aromatic nitrogens is 3. The van der Waals surface area contributed by atoms with Crippen molar-refractivity contribution >= 4 is 18.1 Å². The maximum Gasteiger partial charge on any atom is 0.237 e. The quantitative estimate of drug-likeness (QED) is 0.797. The summed E-state index contributed by atoms with van der Waals surface area (Å²) in [6.07, 6.45) is 3.04. The molecule has 2 aromatic rings. The molecule has 3 rings (SSSR count). The first-order valence-electron chi connectivity index (χ1n) is 9.93. The van der Waals surface area contributed by atoms with Crippen LogP contribution in [-0.4, -0.2) is 44.8 Å². The fraction of sp³-hybridized carbons (Fsp3) is 0.571. The Morgan fingerprint density at radius 3 is 2.54 bits per heavy atom. The first kappa shape index (κ1) is 20.7. The topological polar surface area (TPSA) is 55.1 Å². The molecule has 1 aliphatic heterocycles. The Bertz CT molecular complexity index is 891. The van der Waals surface area contributed by atoms with Gasteiger partial charge in [0.1, 0.15) is 0 Å². The van der Waals surface area contributed by atoms with Gasteiger partial charge in [-0.15, -0.1) is 0 Å². The van der Waals surface area contributed by atoms with Gasteiger partial charge < -0.3 is 9.88 Å². The van der Waals surface area contributed by atoms with Gasteiger partial charge in [-0.1, -0.05) is 51.5 Å². The van der Waals surface area contributed by atoms with Crippen LogP contribution in [0.25, 0.3) is 11.4 Å². The molecule has 1 N–H and O–H groups in total. The van der Waals surface area contributed by atoms with Gasteiger partial charge in [-0.05, 0) is 36.0 Å². The molecule has 1 aromatic carbocycles. The number of nitrogens with one attached hydrogen (secondary N) is 1. The Hall–Kier alpha value is -1.99. The summed E-state index contributed by atoms with van der Waals surface area (Å²) in [7, 11) is 3.65. The monoisotopic (exact) mass is 401 g/mol. The maximum absolute atomic E-state index is 12.2. The Labute approximate surface area is 172 Å². The van der Waals surface area contributed by atoms with Crippen molar-refractivity contribution < 1.29 is 4.79 Å². The maximum atomic E-state index is 12.2. The molecule has 0 spiro atoms. The van der Waals surface area contributed by atoms with Crippen molar-refractivity contribution in [3.8, 4) is 11.4 Å². The Morgan fingerprint density at radius 2 is 1.93 bits per heavy atom. The van der Waals surface area contributed by atoms with Crippen molar-refractivity contribution in [1.29, 1.82) is 0 Å². The molecule has 0 radical (unpaired) electrons. The van der Waals surface area contributed by atoms with E-state index in [-0.39, 0.29) is 17.4 Å². The third-order valence-corrected chi connectivity index (χ3v) is 6.01. The van der Waals surface area contributed by atoms with Gasteiger partial charge in [-0.3, -0.25) is 9.69 Å². The zero-order chi connectivity index (χ0) is 20.5. The lowest BCUT2D eigenvalue weighted by molar-refractivity contribution is -0.128. The first-order valence-corrected chi connectivity index (χ1v) is 10.3. The number of hydrogen-bond donors (Lipinski definition) is 1. The number of benzene rings is 1. The average molecular weight is 402 g/mol. The highest BCUT2D eigenvalue weighted by Crippen LogP contribution is 2.26. The molecule has 1 fully saturated rings. The van der Waals surface area contributed by atoms with E-state index in [4.69, 9.17) is 17.3 Å². The van der Waals surface area contributed by atoms with Crippen LogP contribution in [-0.2, 0) is 23.9 Å². The number of likely N-dealkylation sites (tertiary alicyclic amines) is 1. The zero-order valence-electron chi connectivity index (χ0n) is 17.5. The molecule has 28 heavy (non-hydrogen) atoms. The van der Waals surface area contributed by atoms with Crippen molar-refractivity contribution in [2.75, 3.05) is 13.6 Å². The highest BCUT2D eigenvalue weighted by molar-refractivity contribution is 7.71. The Kier molecular flexibility index (Phi) is 6.05. The number of amides is 1. The van der Waals surface area contributed by atoms with Gasteiger partial charge in [0.05, 0.1) is 12.7 Å². The van der Waals surface area contributed by atoms with E-state index < -0.39 is 0 Å². The number of nitrogens with zero attached hydrogens (tertiary/aromatic N) is 4. The van der Waals surface area contributed by atoms with Crippen LogP contribution in [0.5, 0.6) is 0 Å². The van der Waals surface area contributed by atoms with E-state index in [1.165, 1.54) is 5.56 Å². The molecule has 1 saturated heterocycles. The SMILES string of the molecule is CNC(=O)[C@H]1CCCCN1Cn1nc(-c2ccc(C(C)(C)C)cc2)n(C)c1=S. The standard InChI is InChI=1S/C21H31N5OS/c1-21(2,3)16-11-9-15(10-12-16)18-23-26(20(28)24(18)5)14-25-13-7-6-8-17(25)19(27)22-4/h9-12,17H,6-8,13-14H2,1-5H3,(H,22,27)/t17-/m1/s1. The van der Waals surface area contributed by atoms with E-state index in [0.717, 1.165) is 37.2 Å². The lowest BCUT2D eigenvalue weighted by Crippen LogP contribution is -2.49. The first-order chi connectivity index (χ1) is 13.2. The number of hydrogen-bond acceptors (Lipinski definition) is 4. The number of piperidine rings is 1. The number of carbonyl (C=O) groups excluding carboxylic acids is 1. The Morgan fingerprint density at radius 1 is 1.25 bits per heavy atom. The van der Waals surface area contributed by atoms with E-state index in [9.17, 15) is 4.79 Å². The summed E-state index contributed by atoms with van der Waals surface area (Å²) in [5.41, 5.74) is 2.45. The van der Waals surface area contributed by atoms with E-state index in [0.29, 0.717) is 11.4 Å². The molecule has 0 bridgehead atoms. The minimum atomic E-state index is -0.114. The van der Waals surface area contributed by atoms with Gasteiger partial charge in [-0.25, -0.2) is 4.68 Å². The fourth-order valence-electron chi connectivity index (χ4n) is 3.75. The van der Waals surface area contributed by atoms with Crippen molar-refractivity contribution in [2.24, 2.45) is 7.05 Å². The van der Waals surface area contributed by atoms with Gasteiger partial charge >= 0.3 is 0 Å². The van der Waals surface area contributed by atoms with E-state index in [1.54, 1.807) is 7.05 Å². The molecule has 152 valence electrons. The molecule has 0 unspecified atom stereocenters. The van der Waals surface area contributed by atoms with Gasteiger partial charge in [0.2, 0.25) is 5.91 Å². The van der Waals surface area contributed by atoms with Crippen LogP contribution < -0.4 is 5.32 Å². The van der Waals surface area contributed by atoms with Crippen LogP contribution >= 0.6 is 12.2 Å². The minimum absolute atomic E-state index is 0.0696. The summed E-state index contributed by atoms with van der Waals surface area (Å²) >= 11 is 5.64. The molecule has 1 aromatic heterocycles. The molecule has 1 atom stereocenters. The normalized spacial score (nSPS) is 18.2. The lowest BCUT2D eigenvalue weighted by atomic mass is 9.87. The van der Waals surface area contributed by atoms with Crippen molar-refractivity contribution in [1.82, 2.24) is 24.6 Å². The van der Waals surface area contributed by atoms with Crippen molar-refractivity contribution in [2.45, 2.75) is 58.2 Å². The summed E-state index contributed by atoms with van der Waals surface area (Å²) in [5, 5.41) is 7.57. The van der Waals surface area contributed by atoms with Crippen molar-refractivity contribution in [3.05, 3.63) is 34.6 Å². The molecular formula is C21H31N5OS. The summed E-state index contributed by atoms with van der Waals surface area (Å²) in [6.45, 7) is 8.04. The van der Waals surface area contributed by atoms with Crippen LogP contribution in [0.2, 0.25) is 0 Å². The second-order valence-corrected chi connectivity index (χ2v) is 8.94. The summed E-state index contributed by atoms with van der Waals surface area (Å²) in [6, 6.07) is 8.41. The summed E-state index contributed by atoms with van der Waals surface area (Å²) in [4.78, 5) is 14.4. The van der Waals surface area contributed by atoms with Gasteiger partial charge in [0, 0.05) is 26.2 Å². The molecule has 1 amide bonds. The van der Waals surface area contributed by atoms with Gasteiger partial charge in [0.25, 0.3) is 0 Å². The molecule has 7 heteroatoms. The predicted octanol–water partition coefficient (Wildman–Crippen LogP) is 3.47. The number of rotatable bonds is 4. The van der Waals surface area contributed by atoms with E-state index >= 15 is 0 Å². The smallest absolute Gasteiger partial charge is 0.237 e. The fourth-order valence-corrected chi connectivity index (χ4v) is 3.93. The molecule has 2 heterocycles. The highest BCUT2D eigenvalue weighted by atomic mass is 32.1.